The minimum Gasteiger partial charge on any atom is -0.335 e. The van der Waals surface area contributed by atoms with E-state index in [1.165, 1.54) is 18.6 Å². The first kappa shape index (κ1) is 22.5. The Labute approximate surface area is 187 Å². The zero-order valence-corrected chi connectivity index (χ0v) is 18.1. The Morgan fingerprint density at radius 1 is 0.939 bits per heavy atom. The largest absolute Gasteiger partial charge is 0.335 e. The lowest BCUT2D eigenvalue weighted by Crippen LogP contribution is -2.17. The van der Waals surface area contributed by atoms with Crippen molar-refractivity contribution in [2.75, 3.05) is 15.8 Å². The van der Waals surface area contributed by atoms with Gasteiger partial charge in [0.15, 0.2) is 5.82 Å². The van der Waals surface area contributed by atoms with Gasteiger partial charge in [-0.15, -0.1) is 0 Å². The molecule has 2 heterocycles. The average Bonchev–Trinajstić information content (AvgIpc) is 2.79. The van der Waals surface area contributed by atoms with Gasteiger partial charge in [0, 0.05) is 17.1 Å². The molecule has 0 fully saturated rings. The molecule has 0 radical (unpaired) electrons. The number of hydrogen-bond acceptors (Lipinski definition) is 6. The molecule has 7 nitrogen and oxygen atoms in total. The van der Waals surface area contributed by atoms with Crippen LogP contribution in [0, 0.1) is 17.6 Å². The molecular formula is C22H18F3N5O2S. The van der Waals surface area contributed by atoms with Crippen molar-refractivity contribution in [3.8, 4) is 11.1 Å². The molecule has 0 unspecified atom stereocenters. The molecule has 0 amide bonds. The van der Waals surface area contributed by atoms with E-state index in [1.807, 2.05) is 0 Å². The van der Waals surface area contributed by atoms with Gasteiger partial charge in [-0.25, -0.2) is 32.2 Å². The van der Waals surface area contributed by atoms with Crippen LogP contribution < -0.4 is 10.0 Å². The molecule has 11 heteroatoms. The number of anilines is 3. The van der Waals surface area contributed by atoms with Gasteiger partial charge >= 0.3 is 0 Å². The third-order valence-electron chi connectivity index (χ3n) is 4.77. The Balaban J connectivity index is 1.75. The minimum atomic E-state index is -3.78. The second-order valence-electron chi connectivity index (χ2n) is 7.15. The summed E-state index contributed by atoms with van der Waals surface area (Å²) in [4.78, 5) is 11.9. The number of hydrogen-bond donors (Lipinski definition) is 2. The SMILES string of the molecule is CCCS(=O)(=O)Nc1ccc(F)c(Nc2ncnc3ccc(-c4ccc(F)nc4)cc23)c1F. The molecule has 0 aliphatic rings. The van der Waals surface area contributed by atoms with Crippen LogP contribution in [0.2, 0.25) is 0 Å². The maximum Gasteiger partial charge on any atom is 0.232 e. The van der Waals surface area contributed by atoms with Crippen LogP contribution in [0.5, 0.6) is 0 Å². The Morgan fingerprint density at radius 2 is 1.73 bits per heavy atom. The van der Waals surface area contributed by atoms with Crippen molar-refractivity contribution in [3.63, 3.8) is 0 Å². The van der Waals surface area contributed by atoms with Crippen LogP contribution in [0.4, 0.5) is 30.4 Å². The van der Waals surface area contributed by atoms with Gasteiger partial charge in [-0.3, -0.25) is 4.72 Å². The third kappa shape index (κ3) is 4.87. The Hall–Kier alpha value is -3.73. The highest BCUT2D eigenvalue weighted by molar-refractivity contribution is 7.92. The number of nitrogens with zero attached hydrogens (tertiary/aromatic N) is 3. The molecule has 0 saturated carbocycles. The van der Waals surface area contributed by atoms with Crippen LogP contribution in [-0.2, 0) is 10.0 Å². The molecule has 2 N–H and O–H groups in total. The first-order chi connectivity index (χ1) is 15.8. The first-order valence-corrected chi connectivity index (χ1v) is 11.5. The monoisotopic (exact) mass is 473 g/mol. The number of rotatable bonds is 7. The fourth-order valence-corrected chi connectivity index (χ4v) is 4.37. The van der Waals surface area contributed by atoms with Crippen molar-refractivity contribution in [3.05, 3.63) is 72.6 Å². The first-order valence-electron chi connectivity index (χ1n) is 9.89. The summed E-state index contributed by atoms with van der Waals surface area (Å²) in [6.07, 6.45) is 2.92. The Bertz CT molecular complexity index is 1430. The maximum absolute atomic E-state index is 15.1. The van der Waals surface area contributed by atoms with Crippen molar-refractivity contribution >= 4 is 38.1 Å². The van der Waals surface area contributed by atoms with Crippen LogP contribution in [0.3, 0.4) is 0 Å². The highest BCUT2D eigenvalue weighted by atomic mass is 32.2. The molecular weight excluding hydrogens is 455 g/mol. The zero-order valence-electron chi connectivity index (χ0n) is 17.3. The van der Waals surface area contributed by atoms with Crippen LogP contribution in [0.15, 0.2) is 55.0 Å². The number of sulfonamides is 1. The smallest absolute Gasteiger partial charge is 0.232 e. The zero-order chi connectivity index (χ0) is 23.6. The second kappa shape index (κ2) is 9.02. The molecule has 2 aromatic heterocycles. The molecule has 170 valence electrons. The number of aromatic nitrogens is 3. The summed E-state index contributed by atoms with van der Waals surface area (Å²) in [5, 5.41) is 3.06. The van der Waals surface area contributed by atoms with Gasteiger partial charge < -0.3 is 5.32 Å². The molecule has 0 bridgehead atoms. The van der Waals surface area contributed by atoms with Gasteiger partial charge in [-0.1, -0.05) is 13.0 Å². The van der Waals surface area contributed by atoms with Crippen LogP contribution in [0.1, 0.15) is 13.3 Å². The van der Waals surface area contributed by atoms with Gasteiger partial charge in [-0.2, -0.15) is 4.39 Å². The lowest BCUT2D eigenvalue weighted by atomic mass is 10.1. The van der Waals surface area contributed by atoms with E-state index >= 15 is 4.39 Å². The second-order valence-corrected chi connectivity index (χ2v) is 9.00. The van der Waals surface area contributed by atoms with Crippen molar-refractivity contribution in [1.29, 1.82) is 0 Å². The quantitative estimate of drug-likeness (QED) is 0.367. The summed E-state index contributed by atoms with van der Waals surface area (Å²) in [6, 6.07) is 9.84. The predicted octanol–water partition coefficient (Wildman–Crippen LogP) is 5.00. The standard InChI is InChI=1S/C22H18F3N5O2S/c1-2-9-33(31,32)30-18-7-5-16(23)21(20(18)25)29-22-15-10-13(3-6-17(15)27-12-28-22)14-4-8-19(24)26-11-14/h3-8,10-12,30H,2,9H2,1H3,(H,27,28,29). The van der Waals surface area contributed by atoms with Gasteiger partial charge in [0.25, 0.3) is 0 Å². The molecule has 2 aromatic carbocycles. The number of fused-ring (bicyclic) bond motifs is 1. The van der Waals surface area contributed by atoms with Gasteiger partial charge in [0.05, 0.1) is 17.0 Å². The van der Waals surface area contributed by atoms with Crippen LogP contribution in [0.25, 0.3) is 22.0 Å². The summed E-state index contributed by atoms with van der Waals surface area (Å²) < 4.78 is 68.9. The van der Waals surface area contributed by atoms with E-state index < -0.39 is 33.3 Å². The van der Waals surface area contributed by atoms with Crippen LogP contribution in [-0.4, -0.2) is 29.1 Å². The van der Waals surface area contributed by atoms with Crippen molar-refractivity contribution in [2.45, 2.75) is 13.3 Å². The lowest BCUT2D eigenvalue weighted by Gasteiger charge is -2.14. The van der Waals surface area contributed by atoms with Gasteiger partial charge in [0.1, 0.15) is 23.6 Å². The highest BCUT2D eigenvalue weighted by Gasteiger charge is 2.19. The normalized spacial score (nSPS) is 11.5. The Kier molecular flexibility index (Phi) is 6.14. The summed E-state index contributed by atoms with van der Waals surface area (Å²) in [7, 11) is -3.78. The van der Waals surface area contributed by atoms with Crippen molar-refractivity contribution in [2.24, 2.45) is 0 Å². The number of benzene rings is 2. The molecule has 0 aliphatic heterocycles. The number of pyridine rings is 1. The van der Waals surface area contributed by atoms with E-state index in [1.54, 1.807) is 31.2 Å². The third-order valence-corrected chi connectivity index (χ3v) is 6.25. The average molecular weight is 473 g/mol. The van der Waals surface area contributed by atoms with E-state index in [2.05, 4.69) is 25.0 Å². The number of nitrogens with one attached hydrogen (secondary N) is 2. The number of halogens is 3. The molecule has 33 heavy (non-hydrogen) atoms. The highest BCUT2D eigenvalue weighted by Crippen LogP contribution is 2.32. The van der Waals surface area contributed by atoms with E-state index in [4.69, 9.17) is 0 Å². The lowest BCUT2D eigenvalue weighted by molar-refractivity contribution is 0.584. The topological polar surface area (TPSA) is 96.9 Å². The van der Waals surface area contributed by atoms with Crippen molar-refractivity contribution < 1.29 is 21.6 Å². The molecule has 4 aromatic rings. The minimum absolute atomic E-state index is 0.100. The van der Waals surface area contributed by atoms with E-state index in [-0.39, 0.29) is 17.3 Å². The fraction of sp³-hybridized carbons (Fsp3) is 0.136. The predicted molar refractivity (Wildman–Crippen MR) is 120 cm³/mol. The van der Waals surface area contributed by atoms with E-state index in [0.29, 0.717) is 28.5 Å². The van der Waals surface area contributed by atoms with E-state index in [0.717, 1.165) is 12.1 Å². The molecule has 0 saturated heterocycles. The molecule has 0 aliphatic carbocycles. The molecule has 4 rings (SSSR count). The van der Waals surface area contributed by atoms with Gasteiger partial charge in [0.2, 0.25) is 16.0 Å². The van der Waals surface area contributed by atoms with Crippen LogP contribution >= 0.6 is 0 Å². The van der Waals surface area contributed by atoms with Crippen molar-refractivity contribution in [1.82, 2.24) is 15.0 Å². The maximum atomic E-state index is 15.1. The molecule has 0 atom stereocenters. The summed E-state index contributed by atoms with van der Waals surface area (Å²) >= 11 is 0. The Morgan fingerprint density at radius 3 is 2.45 bits per heavy atom. The molecule has 0 spiro atoms. The summed E-state index contributed by atoms with van der Waals surface area (Å²) in [5.41, 5.74) is 0.823. The fourth-order valence-electron chi connectivity index (χ4n) is 3.23. The summed E-state index contributed by atoms with van der Waals surface area (Å²) in [6.45, 7) is 1.67. The van der Waals surface area contributed by atoms with E-state index in [9.17, 15) is 17.2 Å². The summed E-state index contributed by atoms with van der Waals surface area (Å²) in [5.74, 6) is -2.77. The van der Waals surface area contributed by atoms with Gasteiger partial charge in [-0.05, 0) is 48.4 Å².